The molecule has 13 heavy (non-hydrogen) atoms. The molecule has 0 aliphatic rings. The van der Waals surface area contributed by atoms with E-state index in [1.54, 1.807) is 7.11 Å². The number of methoxy groups -OCH3 is 1. The summed E-state index contributed by atoms with van der Waals surface area (Å²) in [6, 6.07) is 0. The van der Waals surface area contributed by atoms with Crippen molar-refractivity contribution in [3.63, 3.8) is 0 Å². The largest absolute Gasteiger partial charge is 0.379 e. The van der Waals surface area contributed by atoms with Crippen molar-refractivity contribution in [1.29, 1.82) is 0 Å². The predicted molar refractivity (Wildman–Crippen MR) is 63.8 cm³/mol. The predicted octanol–water partition coefficient (Wildman–Crippen LogP) is 4.44. The van der Waals surface area contributed by atoms with Crippen LogP contribution < -0.4 is 0 Å². The highest BCUT2D eigenvalue weighted by Crippen LogP contribution is 2.02. The van der Waals surface area contributed by atoms with E-state index in [1.807, 2.05) is 20.8 Å². The smallest absolute Gasteiger partial charge is 0.0594 e. The van der Waals surface area contributed by atoms with E-state index < -0.39 is 0 Å². The van der Waals surface area contributed by atoms with Crippen molar-refractivity contribution in [2.45, 2.75) is 65.9 Å². The maximum absolute atomic E-state index is 4.94. The molecule has 84 valence electrons. The average Bonchev–Trinajstić information content (AvgIpc) is 2.01. The van der Waals surface area contributed by atoms with Crippen LogP contribution >= 0.6 is 12.4 Å². The molecule has 0 aromatic carbocycles. The fraction of sp³-hybridized carbons (Fsp3) is 1.00. The molecule has 0 saturated heterocycles. The highest BCUT2D eigenvalue weighted by Gasteiger charge is 2.03. The Labute approximate surface area is 90.7 Å². The first-order valence-electron chi connectivity index (χ1n) is 5.03. The zero-order valence-corrected chi connectivity index (χ0v) is 11.0. The minimum Gasteiger partial charge on any atom is -0.379 e. The Morgan fingerprint density at radius 1 is 0.923 bits per heavy atom. The topological polar surface area (TPSA) is 9.23 Å². The molecule has 0 atom stereocenters. The standard InChI is InChI=1S/C6H14.C5H12O.ClH/c1-3-5-6-4-2;1-5(2,3)6-4;/h3-6H2,1-2H3;1-4H3;1H. The molecule has 0 aromatic rings. The summed E-state index contributed by atoms with van der Waals surface area (Å²) in [6.07, 6.45) is 5.54. The average molecular weight is 211 g/mol. The van der Waals surface area contributed by atoms with Gasteiger partial charge in [-0.2, -0.15) is 0 Å². The summed E-state index contributed by atoms with van der Waals surface area (Å²) in [4.78, 5) is 0. The SMILES string of the molecule is CCCCCC.COC(C)(C)C.Cl. The third-order valence-corrected chi connectivity index (χ3v) is 1.57. The summed E-state index contributed by atoms with van der Waals surface area (Å²) in [5.74, 6) is 0. The van der Waals surface area contributed by atoms with E-state index in [9.17, 15) is 0 Å². The lowest BCUT2D eigenvalue weighted by atomic mass is 10.2. The van der Waals surface area contributed by atoms with Gasteiger partial charge in [0.05, 0.1) is 5.60 Å². The molecule has 0 fully saturated rings. The van der Waals surface area contributed by atoms with Gasteiger partial charge in [0.15, 0.2) is 0 Å². The van der Waals surface area contributed by atoms with E-state index in [4.69, 9.17) is 4.74 Å². The van der Waals surface area contributed by atoms with Gasteiger partial charge < -0.3 is 4.74 Å². The zero-order valence-electron chi connectivity index (χ0n) is 10.1. The summed E-state index contributed by atoms with van der Waals surface area (Å²) < 4.78 is 4.94. The monoisotopic (exact) mass is 210 g/mol. The first-order valence-corrected chi connectivity index (χ1v) is 5.03. The summed E-state index contributed by atoms with van der Waals surface area (Å²) in [5, 5.41) is 0. The molecule has 0 saturated carbocycles. The number of ether oxygens (including phenoxy) is 1. The molecule has 1 nitrogen and oxygen atoms in total. The zero-order chi connectivity index (χ0) is 10.0. The lowest BCUT2D eigenvalue weighted by Crippen LogP contribution is -2.15. The van der Waals surface area contributed by atoms with Gasteiger partial charge in [-0.15, -0.1) is 12.4 Å². The molecule has 0 aromatic heterocycles. The van der Waals surface area contributed by atoms with Gasteiger partial charge in [-0.1, -0.05) is 39.5 Å². The quantitative estimate of drug-likeness (QED) is 0.626. The molecule has 2 heteroatoms. The second-order valence-electron chi connectivity index (χ2n) is 4.02. The number of hydrogen-bond acceptors (Lipinski definition) is 1. The molecule has 0 aliphatic carbocycles. The molecule has 0 radical (unpaired) electrons. The molecule has 0 heterocycles. The van der Waals surface area contributed by atoms with E-state index >= 15 is 0 Å². The van der Waals surface area contributed by atoms with Crippen molar-refractivity contribution in [2.75, 3.05) is 7.11 Å². The van der Waals surface area contributed by atoms with Gasteiger partial charge in [0, 0.05) is 7.11 Å². The highest BCUT2D eigenvalue weighted by molar-refractivity contribution is 5.85. The fourth-order valence-electron chi connectivity index (χ4n) is 0.500. The van der Waals surface area contributed by atoms with Crippen molar-refractivity contribution < 1.29 is 4.74 Å². The van der Waals surface area contributed by atoms with Gasteiger partial charge >= 0.3 is 0 Å². The van der Waals surface area contributed by atoms with Crippen LogP contribution in [0.5, 0.6) is 0 Å². The Bertz CT molecular complexity index is 72.6. The van der Waals surface area contributed by atoms with Crippen LogP contribution in [0.15, 0.2) is 0 Å². The Morgan fingerprint density at radius 3 is 1.23 bits per heavy atom. The first-order chi connectivity index (χ1) is 5.47. The minimum absolute atomic E-state index is 0. The molecule has 0 spiro atoms. The minimum atomic E-state index is 0. The van der Waals surface area contributed by atoms with Crippen molar-refractivity contribution >= 4 is 12.4 Å². The molecule has 0 rings (SSSR count). The number of unbranched alkanes of at least 4 members (excludes halogenated alkanes) is 3. The maximum Gasteiger partial charge on any atom is 0.0594 e. The Balaban J connectivity index is -0.000000143. The van der Waals surface area contributed by atoms with E-state index in [2.05, 4.69) is 13.8 Å². The van der Waals surface area contributed by atoms with Crippen LogP contribution in [0.2, 0.25) is 0 Å². The summed E-state index contributed by atoms with van der Waals surface area (Å²) in [5.41, 5.74) is 0.0417. The third-order valence-electron chi connectivity index (χ3n) is 1.57. The lowest BCUT2D eigenvalue weighted by Gasteiger charge is -2.14. The number of hydrogen-bond donors (Lipinski definition) is 0. The van der Waals surface area contributed by atoms with Gasteiger partial charge in [0.2, 0.25) is 0 Å². The Morgan fingerprint density at radius 2 is 1.15 bits per heavy atom. The van der Waals surface area contributed by atoms with E-state index in [-0.39, 0.29) is 18.0 Å². The van der Waals surface area contributed by atoms with Crippen molar-refractivity contribution in [3.05, 3.63) is 0 Å². The van der Waals surface area contributed by atoms with Gasteiger partial charge in [-0.25, -0.2) is 0 Å². The van der Waals surface area contributed by atoms with Gasteiger partial charge in [0.25, 0.3) is 0 Å². The fourth-order valence-corrected chi connectivity index (χ4v) is 0.500. The summed E-state index contributed by atoms with van der Waals surface area (Å²) in [7, 11) is 1.71. The van der Waals surface area contributed by atoms with Crippen LogP contribution in [0.3, 0.4) is 0 Å². The lowest BCUT2D eigenvalue weighted by molar-refractivity contribution is 0.0397. The normalized spacial score (nSPS) is 9.69. The second kappa shape index (κ2) is 12.2. The van der Waals surface area contributed by atoms with E-state index in [0.717, 1.165) is 0 Å². The molecule has 0 N–H and O–H groups in total. The van der Waals surface area contributed by atoms with Crippen molar-refractivity contribution in [3.8, 4) is 0 Å². The van der Waals surface area contributed by atoms with Crippen molar-refractivity contribution in [2.24, 2.45) is 0 Å². The van der Waals surface area contributed by atoms with Crippen LogP contribution in [0, 0.1) is 0 Å². The molecule has 0 aliphatic heterocycles. The Hall–Kier alpha value is 0.250. The summed E-state index contributed by atoms with van der Waals surface area (Å²) in [6.45, 7) is 10.5. The molecular weight excluding hydrogens is 184 g/mol. The number of halogens is 1. The highest BCUT2D eigenvalue weighted by atomic mass is 35.5. The van der Waals surface area contributed by atoms with Gasteiger partial charge in [0.1, 0.15) is 0 Å². The second-order valence-corrected chi connectivity index (χ2v) is 4.02. The van der Waals surface area contributed by atoms with Crippen LogP contribution in [0.4, 0.5) is 0 Å². The molecule has 0 amide bonds. The molecule has 0 bridgehead atoms. The summed E-state index contributed by atoms with van der Waals surface area (Å²) >= 11 is 0. The third kappa shape index (κ3) is 32.9. The number of rotatable bonds is 3. The maximum atomic E-state index is 4.94. The van der Waals surface area contributed by atoms with Crippen LogP contribution in [0.25, 0.3) is 0 Å². The van der Waals surface area contributed by atoms with Crippen LogP contribution in [-0.2, 0) is 4.74 Å². The van der Waals surface area contributed by atoms with Gasteiger partial charge in [-0.05, 0) is 20.8 Å². The van der Waals surface area contributed by atoms with E-state index in [0.29, 0.717) is 0 Å². The molecular formula is C11H27ClO. The van der Waals surface area contributed by atoms with Crippen molar-refractivity contribution in [1.82, 2.24) is 0 Å². The van der Waals surface area contributed by atoms with Crippen LogP contribution in [0.1, 0.15) is 60.3 Å². The Kier molecular flexibility index (Phi) is 17.8. The molecule has 0 unspecified atom stereocenters. The first kappa shape index (κ1) is 18.9. The van der Waals surface area contributed by atoms with Crippen LogP contribution in [-0.4, -0.2) is 12.7 Å². The van der Waals surface area contributed by atoms with Gasteiger partial charge in [-0.3, -0.25) is 0 Å². The van der Waals surface area contributed by atoms with E-state index in [1.165, 1.54) is 25.7 Å².